The molecule has 0 saturated heterocycles. The standard InChI is InChI=1S/C27H30N2O5/c1-2-29(14-23(30)31)26(32)24-16-11-12-17(13-16)25(24)28-27(33)34-15-22-20-9-5-3-7-18(20)19-8-4-6-10-21(19)22/h3-10,16-17,22,24-25H,2,11-15H2,1H3,(H,28,33)(H,30,31). The number of amides is 2. The summed E-state index contributed by atoms with van der Waals surface area (Å²) in [6, 6.07) is 16.1. The molecule has 2 N–H and O–H groups in total. The van der Waals surface area contributed by atoms with Gasteiger partial charge in [0.05, 0.1) is 5.92 Å². The highest BCUT2D eigenvalue weighted by atomic mass is 16.5. The number of carboxylic acid groups (broad SMARTS) is 1. The van der Waals surface area contributed by atoms with Crippen molar-refractivity contribution in [3.63, 3.8) is 0 Å². The number of carbonyl (C=O) groups excluding carboxylic acids is 2. The highest BCUT2D eigenvalue weighted by Gasteiger charge is 2.52. The lowest BCUT2D eigenvalue weighted by Crippen LogP contribution is -2.51. The molecule has 0 heterocycles. The van der Waals surface area contributed by atoms with Crippen LogP contribution in [0.1, 0.15) is 43.2 Å². The maximum atomic E-state index is 13.2. The highest BCUT2D eigenvalue weighted by molar-refractivity contribution is 5.85. The Kier molecular flexibility index (Phi) is 6.02. The van der Waals surface area contributed by atoms with Gasteiger partial charge in [0.1, 0.15) is 13.2 Å². The second-order valence-corrected chi connectivity index (χ2v) is 9.60. The van der Waals surface area contributed by atoms with Crippen molar-refractivity contribution in [2.45, 2.75) is 38.1 Å². The molecule has 0 aromatic heterocycles. The molecule has 5 rings (SSSR count). The summed E-state index contributed by atoms with van der Waals surface area (Å²) >= 11 is 0. The summed E-state index contributed by atoms with van der Waals surface area (Å²) in [4.78, 5) is 38.7. The van der Waals surface area contributed by atoms with Crippen molar-refractivity contribution in [1.29, 1.82) is 0 Å². The van der Waals surface area contributed by atoms with Crippen LogP contribution in [0.4, 0.5) is 4.79 Å². The Bertz CT molecular complexity index is 1070. The molecule has 0 aliphatic heterocycles. The molecular weight excluding hydrogens is 432 g/mol. The molecule has 2 saturated carbocycles. The zero-order valence-electron chi connectivity index (χ0n) is 19.3. The summed E-state index contributed by atoms with van der Waals surface area (Å²) in [5.41, 5.74) is 4.64. The number of nitrogens with one attached hydrogen (secondary N) is 1. The lowest BCUT2D eigenvalue weighted by Gasteiger charge is -2.33. The summed E-state index contributed by atoms with van der Waals surface area (Å²) in [5.74, 6) is -1.22. The molecule has 0 radical (unpaired) electrons. The van der Waals surface area contributed by atoms with Gasteiger partial charge in [-0.1, -0.05) is 48.5 Å². The van der Waals surface area contributed by atoms with Crippen molar-refractivity contribution in [1.82, 2.24) is 10.2 Å². The van der Waals surface area contributed by atoms with Crippen molar-refractivity contribution < 1.29 is 24.2 Å². The van der Waals surface area contributed by atoms with Crippen LogP contribution in [-0.2, 0) is 14.3 Å². The Morgan fingerprint density at radius 1 is 1.00 bits per heavy atom. The number of ether oxygens (including phenoxy) is 1. The van der Waals surface area contributed by atoms with Crippen molar-refractivity contribution >= 4 is 18.0 Å². The monoisotopic (exact) mass is 462 g/mol. The number of fused-ring (bicyclic) bond motifs is 5. The summed E-state index contributed by atoms with van der Waals surface area (Å²) in [6.07, 6.45) is 2.27. The Morgan fingerprint density at radius 2 is 1.62 bits per heavy atom. The Labute approximate surface area is 199 Å². The first-order valence-corrected chi connectivity index (χ1v) is 12.1. The third-order valence-electron chi connectivity index (χ3n) is 7.85. The molecule has 2 bridgehead atoms. The third-order valence-corrected chi connectivity index (χ3v) is 7.85. The van der Waals surface area contributed by atoms with Crippen LogP contribution in [0.5, 0.6) is 0 Å². The van der Waals surface area contributed by atoms with Gasteiger partial charge in [0.15, 0.2) is 0 Å². The fourth-order valence-corrected chi connectivity index (χ4v) is 6.35. The first-order chi connectivity index (χ1) is 16.5. The molecule has 4 unspecified atom stereocenters. The number of carboxylic acids is 1. The molecule has 7 heteroatoms. The minimum atomic E-state index is -1.03. The fourth-order valence-electron chi connectivity index (χ4n) is 6.35. The molecule has 2 aromatic rings. The summed E-state index contributed by atoms with van der Waals surface area (Å²) < 4.78 is 5.72. The van der Waals surface area contributed by atoms with Gasteiger partial charge in [0.2, 0.25) is 5.91 Å². The van der Waals surface area contributed by atoms with E-state index in [4.69, 9.17) is 4.74 Å². The zero-order chi connectivity index (χ0) is 23.8. The molecule has 178 valence electrons. The van der Waals surface area contributed by atoms with Gasteiger partial charge in [-0.15, -0.1) is 0 Å². The maximum Gasteiger partial charge on any atom is 0.407 e. The number of hydrogen-bond acceptors (Lipinski definition) is 4. The van der Waals surface area contributed by atoms with E-state index in [9.17, 15) is 19.5 Å². The number of hydrogen-bond donors (Lipinski definition) is 2. The summed E-state index contributed by atoms with van der Waals surface area (Å²) in [5, 5.41) is 12.2. The average molecular weight is 463 g/mol. The van der Waals surface area contributed by atoms with Crippen molar-refractivity contribution in [2.24, 2.45) is 17.8 Å². The van der Waals surface area contributed by atoms with Gasteiger partial charge in [-0.25, -0.2) is 4.79 Å². The Hall–Kier alpha value is -3.35. The van der Waals surface area contributed by atoms with E-state index in [0.717, 1.165) is 30.4 Å². The van der Waals surface area contributed by atoms with Crippen molar-refractivity contribution in [2.75, 3.05) is 19.7 Å². The van der Waals surface area contributed by atoms with E-state index >= 15 is 0 Å². The zero-order valence-corrected chi connectivity index (χ0v) is 19.3. The number of likely N-dealkylation sites (N-methyl/N-ethyl adjacent to an activating group) is 1. The molecule has 0 spiro atoms. The van der Waals surface area contributed by atoms with E-state index in [1.54, 1.807) is 6.92 Å². The first-order valence-electron chi connectivity index (χ1n) is 12.1. The average Bonchev–Trinajstić information content (AvgIpc) is 3.53. The minimum Gasteiger partial charge on any atom is -0.480 e. The molecule has 3 aliphatic carbocycles. The molecule has 34 heavy (non-hydrogen) atoms. The van der Waals surface area contributed by atoms with E-state index in [2.05, 4.69) is 29.6 Å². The van der Waals surface area contributed by atoms with Crippen LogP contribution in [0, 0.1) is 17.8 Å². The fraction of sp³-hybridized carbons (Fsp3) is 0.444. The van der Waals surface area contributed by atoms with Gasteiger partial charge >= 0.3 is 12.1 Å². The van der Waals surface area contributed by atoms with E-state index in [1.807, 2.05) is 24.3 Å². The minimum absolute atomic E-state index is 0.0262. The van der Waals surface area contributed by atoms with Gasteiger partial charge in [0.25, 0.3) is 0 Å². The van der Waals surface area contributed by atoms with E-state index in [1.165, 1.54) is 16.0 Å². The predicted octanol–water partition coefficient (Wildman–Crippen LogP) is 3.87. The molecule has 2 aromatic carbocycles. The van der Waals surface area contributed by atoms with Crippen LogP contribution in [0.15, 0.2) is 48.5 Å². The Morgan fingerprint density at radius 3 is 2.24 bits per heavy atom. The van der Waals surface area contributed by atoms with E-state index in [-0.39, 0.29) is 42.9 Å². The molecule has 3 aliphatic rings. The number of carbonyl (C=O) groups is 3. The van der Waals surface area contributed by atoms with Crippen LogP contribution in [0.3, 0.4) is 0 Å². The van der Waals surface area contributed by atoms with Gasteiger partial charge in [0, 0.05) is 18.5 Å². The molecule has 7 nitrogen and oxygen atoms in total. The van der Waals surface area contributed by atoms with Crippen LogP contribution >= 0.6 is 0 Å². The number of rotatable bonds is 7. The number of alkyl carbamates (subject to hydrolysis) is 1. The van der Waals surface area contributed by atoms with Crippen molar-refractivity contribution in [3.05, 3.63) is 59.7 Å². The SMILES string of the molecule is CCN(CC(=O)O)C(=O)C1C2CCC(C2)C1NC(=O)OCC1c2ccccc2-c2ccccc21. The van der Waals surface area contributed by atoms with Gasteiger partial charge < -0.3 is 20.1 Å². The topological polar surface area (TPSA) is 95.9 Å². The smallest absolute Gasteiger partial charge is 0.407 e. The van der Waals surface area contributed by atoms with Crippen LogP contribution in [0.25, 0.3) is 11.1 Å². The van der Waals surface area contributed by atoms with Crippen molar-refractivity contribution in [3.8, 4) is 11.1 Å². The molecule has 2 amide bonds. The van der Waals surface area contributed by atoms with Gasteiger partial charge in [-0.3, -0.25) is 9.59 Å². The Balaban J connectivity index is 1.27. The highest BCUT2D eigenvalue weighted by Crippen LogP contribution is 2.49. The summed E-state index contributed by atoms with van der Waals surface area (Å²) in [6.45, 7) is 2.01. The molecular formula is C27H30N2O5. The third kappa shape index (κ3) is 3.93. The first kappa shape index (κ1) is 22.4. The number of aliphatic carboxylic acids is 1. The van der Waals surface area contributed by atoms with E-state index in [0.29, 0.717) is 6.54 Å². The maximum absolute atomic E-state index is 13.2. The summed E-state index contributed by atoms with van der Waals surface area (Å²) in [7, 11) is 0. The molecule has 2 fully saturated rings. The van der Waals surface area contributed by atoms with Gasteiger partial charge in [-0.05, 0) is 60.3 Å². The number of nitrogens with zero attached hydrogens (tertiary/aromatic N) is 1. The largest absolute Gasteiger partial charge is 0.480 e. The lowest BCUT2D eigenvalue weighted by atomic mass is 9.83. The second kappa shape index (κ2) is 9.12. The van der Waals surface area contributed by atoms with Crippen LogP contribution in [0.2, 0.25) is 0 Å². The quantitative estimate of drug-likeness (QED) is 0.651. The number of benzene rings is 2. The molecule has 4 atom stereocenters. The van der Waals surface area contributed by atoms with E-state index < -0.39 is 18.0 Å². The normalized spacial score (nSPS) is 24.4. The predicted molar refractivity (Wildman–Crippen MR) is 126 cm³/mol. The second-order valence-electron chi connectivity index (χ2n) is 9.60. The van der Waals surface area contributed by atoms with Crippen LogP contribution < -0.4 is 5.32 Å². The van der Waals surface area contributed by atoms with Gasteiger partial charge in [-0.2, -0.15) is 0 Å². The lowest BCUT2D eigenvalue weighted by molar-refractivity contribution is -0.147. The van der Waals surface area contributed by atoms with Crippen LogP contribution in [-0.4, -0.2) is 53.7 Å².